The van der Waals surface area contributed by atoms with Crippen molar-refractivity contribution in [2.75, 3.05) is 29.9 Å². The predicted octanol–water partition coefficient (Wildman–Crippen LogP) is 5.61. The van der Waals surface area contributed by atoms with E-state index < -0.39 is 23.3 Å². The SMILES string of the molecule is O=C(Nc1ccc(Oc2ccccc2C(F)(F)F)c(F)c1)N1CCCSCC1. The number of hydrogen-bond donors (Lipinski definition) is 1. The molecule has 0 aliphatic carbocycles. The second-order valence-corrected chi connectivity index (χ2v) is 7.35. The highest BCUT2D eigenvalue weighted by Crippen LogP contribution is 2.38. The van der Waals surface area contributed by atoms with E-state index in [0.29, 0.717) is 13.1 Å². The van der Waals surface area contributed by atoms with Gasteiger partial charge >= 0.3 is 12.2 Å². The fourth-order valence-electron chi connectivity index (χ4n) is 2.72. The fourth-order valence-corrected chi connectivity index (χ4v) is 3.61. The second kappa shape index (κ2) is 8.72. The molecular weight excluding hydrogens is 396 g/mol. The van der Waals surface area contributed by atoms with Gasteiger partial charge < -0.3 is 15.0 Å². The number of ether oxygens (including phenoxy) is 1. The number of amides is 2. The van der Waals surface area contributed by atoms with Crippen molar-refractivity contribution in [2.24, 2.45) is 0 Å². The fraction of sp³-hybridized carbons (Fsp3) is 0.316. The first-order valence-corrected chi connectivity index (χ1v) is 9.77. The zero-order valence-corrected chi connectivity index (χ0v) is 15.6. The Morgan fingerprint density at radius 3 is 2.61 bits per heavy atom. The number of carbonyl (C=O) groups is 1. The van der Waals surface area contributed by atoms with Gasteiger partial charge in [0.1, 0.15) is 5.75 Å². The van der Waals surface area contributed by atoms with E-state index in [1.165, 1.54) is 24.3 Å². The minimum Gasteiger partial charge on any atom is -0.454 e. The Morgan fingerprint density at radius 2 is 1.86 bits per heavy atom. The Hall–Kier alpha value is -2.42. The van der Waals surface area contributed by atoms with Crippen LogP contribution in [0.2, 0.25) is 0 Å². The molecule has 0 spiro atoms. The van der Waals surface area contributed by atoms with Crippen molar-refractivity contribution in [3.05, 3.63) is 53.8 Å². The summed E-state index contributed by atoms with van der Waals surface area (Å²) in [6.45, 7) is 1.23. The molecule has 1 saturated heterocycles. The first-order valence-electron chi connectivity index (χ1n) is 8.62. The molecule has 1 aliphatic rings. The third kappa shape index (κ3) is 5.09. The van der Waals surface area contributed by atoms with Crippen LogP contribution in [-0.4, -0.2) is 35.5 Å². The Labute approximate surface area is 163 Å². The third-order valence-corrected chi connectivity index (χ3v) is 5.15. The van der Waals surface area contributed by atoms with Crippen LogP contribution in [0.5, 0.6) is 11.5 Å². The van der Waals surface area contributed by atoms with Crippen molar-refractivity contribution in [2.45, 2.75) is 12.6 Å². The van der Waals surface area contributed by atoms with Crippen LogP contribution in [0.15, 0.2) is 42.5 Å². The number of anilines is 1. The molecule has 2 aromatic carbocycles. The first kappa shape index (κ1) is 20.3. The molecule has 1 N–H and O–H groups in total. The van der Waals surface area contributed by atoms with Gasteiger partial charge in [-0.3, -0.25) is 0 Å². The maximum Gasteiger partial charge on any atom is 0.419 e. The van der Waals surface area contributed by atoms with Crippen molar-refractivity contribution in [3.8, 4) is 11.5 Å². The van der Waals surface area contributed by atoms with Gasteiger partial charge in [0.2, 0.25) is 0 Å². The zero-order valence-electron chi connectivity index (χ0n) is 14.8. The number of para-hydroxylation sites is 1. The summed E-state index contributed by atoms with van der Waals surface area (Å²) in [7, 11) is 0. The molecule has 0 radical (unpaired) electrons. The Balaban J connectivity index is 1.72. The van der Waals surface area contributed by atoms with Crippen LogP contribution in [-0.2, 0) is 6.18 Å². The van der Waals surface area contributed by atoms with Gasteiger partial charge in [-0.1, -0.05) is 12.1 Å². The van der Waals surface area contributed by atoms with Gasteiger partial charge in [-0.05, 0) is 36.4 Å². The maximum atomic E-state index is 14.3. The number of hydrogen-bond acceptors (Lipinski definition) is 3. The van der Waals surface area contributed by atoms with E-state index in [-0.39, 0.29) is 17.5 Å². The number of alkyl halides is 3. The number of benzene rings is 2. The number of carbonyl (C=O) groups excluding carboxylic acids is 1. The molecule has 1 aliphatic heterocycles. The molecule has 2 aromatic rings. The van der Waals surface area contributed by atoms with E-state index >= 15 is 0 Å². The number of halogens is 4. The second-order valence-electron chi connectivity index (χ2n) is 6.12. The number of nitrogens with zero attached hydrogens (tertiary/aromatic N) is 1. The molecule has 0 atom stereocenters. The van der Waals surface area contributed by atoms with Crippen molar-refractivity contribution in [1.82, 2.24) is 4.90 Å². The summed E-state index contributed by atoms with van der Waals surface area (Å²) in [5.41, 5.74) is -0.790. The summed E-state index contributed by atoms with van der Waals surface area (Å²) in [5.74, 6) is 0.103. The molecule has 1 heterocycles. The Kier molecular flexibility index (Phi) is 6.33. The van der Waals surface area contributed by atoms with Crippen LogP contribution in [0.4, 0.5) is 28.0 Å². The highest BCUT2D eigenvalue weighted by atomic mass is 32.2. The van der Waals surface area contributed by atoms with Gasteiger partial charge in [0.25, 0.3) is 0 Å². The summed E-state index contributed by atoms with van der Waals surface area (Å²) >= 11 is 1.77. The topological polar surface area (TPSA) is 41.6 Å². The lowest BCUT2D eigenvalue weighted by atomic mass is 10.2. The highest BCUT2D eigenvalue weighted by molar-refractivity contribution is 7.99. The lowest BCUT2D eigenvalue weighted by Gasteiger charge is -2.20. The standard InChI is InChI=1S/C19H18F4N2O2S/c20-15-12-13(24-18(26)25-8-3-10-28-11-9-25)6-7-17(15)27-16-5-2-1-4-14(16)19(21,22)23/h1-2,4-7,12H,3,8-11H2,(H,24,26). The van der Waals surface area contributed by atoms with E-state index in [2.05, 4.69) is 5.32 Å². The maximum absolute atomic E-state index is 14.3. The van der Waals surface area contributed by atoms with Gasteiger partial charge in [-0.15, -0.1) is 0 Å². The molecule has 150 valence electrons. The molecule has 28 heavy (non-hydrogen) atoms. The summed E-state index contributed by atoms with van der Waals surface area (Å²) in [4.78, 5) is 13.9. The summed E-state index contributed by atoms with van der Waals surface area (Å²) in [6.07, 6.45) is -3.73. The third-order valence-electron chi connectivity index (χ3n) is 4.10. The van der Waals surface area contributed by atoms with Crippen LogP contribution >= 0.6 is 11.8 Å². The predicted molar refractivity (Wildman–Crippen MR) is 100 cm³/mol. The summed E-state index contributed by atoms with van der Waals surface area (Å²) in [6, 6.07) is 7.85. The monoisotopic (exact) mass is 414 g/mol. The van der Waals surface area contributed by atoms with E-state index in [1.807, 2.05) is 0 Å². The van der Waals surface area contributed by atoms with Crippen LogP contribution in [0, 0.1) is 5.82 Å². The number of thioether (sulfide) groups is 1. The van der Waals surface area contributed by atoms with Crippen LogP contribution in [0.25, 0.3) is 0 Å². The molecule has 0 saturated carbocycles. The van der Waals surface area contributed by atoms with E-state index in [0.717, 1.165) is 36.1 Å². The van der Waals surface area contributed by atoms with Crippen molar-refractivity contribution >= 4 is 23.5 Å². The quantitative estimate of drug-likeness (QED) is 0.664. The minimum atomic E-state index is -4.62. The molecule has 2 amide bonds. The van der Waals surface area contributed by atoms with Gasteiger partial charge in [0.05, 0.1) is 5.56 Å². The molecular formula is C19H18F4N2O2S. The van der Waals surface area contributed by atoms with E-state index in [1.54, 1.807) is 16.7 Å². The Bertz CT molecular complexity index is 837. The number of rotatable bonds is 3. The number of urea groups is 1. The molecule has 3 rings (SSSR count). The molecule has 0 unspecified atom stereocenters. The van der Waals surface area contributed by atoms with Crippen LogP contribution in [0.1, 0.15) is 12.0 Å². The van der Waals surface area contributed by atoms with E-state index in [9.17, 15) is 22.4 Å². The lowest BCUT2D eigenvalue weighted by Crippen LogP contribution is -2.36. The van der Waals surface area contributed by atoms with Crippen molar-refractivity contribution in [3.63, 3.8) is 0 Å². The van der Waals surface area contributed by atoms with Gasteiger partial charge in [0, 0.05) is 30.6 Å². The summed E-state index contributed by atoms with van der Waals surface area (Å²) < 4.78 is 58.6. The smallest absolute Gasteiger partial charge is 0.419 e. The molecule has 0 aromatic heterocycles. The van der Waals surface area contributed by atoms with E-state index in [4.69, 9.17) is 4.74 Å². The van der Waals surface area contributed by atoms with Gasteiger partial charge in [-0.2, -0.15) is 24.9 Å². The van der Waals surface area contributed by atoms with Crippen molar-refractivity contribution in [1.29, 1.82) is 0 Å². The molecule has 0 bridgehead atoms. The molecule has 9 heteroatoms. The minimum absolute atomic E-state index is 0.204. The zero-order chi connectivity index (χ0) is 20.1. The molecule has 4 nitrogen and oxygen atoms in total. The van der Waals surface area contributed by atoms with Crippen LogP contribution in [0.3, 0.4) is 0 Å². The average Bonchev–Trinajstić information content (AvgIpc) is 2.93. The first-order chi connectivity index (χ1) is 13.3. The summed E-state index contributed by atoms with van der Waals surface area (Å²) in [5, 5.41) is 2.61. The number of nitrogens with one attached hydrogen (secondary N) is 1. The Morgan fingerprint density at radius 1 is 1.07 bits per heavy atom. The van der Waals surface area contributed by atoms with Crippen molar-refractivity contribution < 1.29 is 27.1 Å². The van der Waals surface area contributed by atoms with Gasteiger partial charge in [-0.25, -0.2) is 9.18 Å². The van der Waals surface area contributed by atoms with Gasteiger partial charge in [0.15, 0.2) is 11.6 Å². The highest BCUT2D eigenvalue weighted by Gasteiger charge is 2.34. The largest absolute Gasteiger partial charge is 0.454 e. The lowest BCUT2D eigenvalue weighted by molar-refractivity contribution is -0.138. The van der Waals surface area contributed by atoms with Crippen LogP contribution < -0.4 is 10.1 Å². The normalized spacial score (nSPS) is 15.1. The molecule has 1 fully saturated rings. The average molecular weight is 414 g/mol.